The lowest BCUT2D eigenvalue weighted by molar-refractivity contribution is -0.136. The summed E-state index contributed by atoms with van der Waals surface area (Å²) in [5.41, 5.74) is 2.26. The fourth-order valence-electron chi connectivity index (χ4n) is 4.18. The van der Waals surface area contributed by atoms with Crippen molar-refractivity contribution >= 4 is 16.7 Å². The Balaban J connectivity index is 1.41. The molecule has 0 N–H and O–H groups in total. The molecule has 0 aliphatic carbocycles. The van der Waals surface area contributed by atoms with Gasteiger partial charge in [-0.05, 0) is 29.1 Å². The summed E-state index contributed by atoms with van der Waals surface area (Å²) < 4.78 is 8.22. The Kier molecular flexibility index (Phi) is 4.53. The van der Waals surface area contributed by atoms with Crippen LogP contribution in [0.1, 0.15) is 17.3 Å². The molecule has 1 aliphatic heterocycles. The predicted molar refractivity (Wildman–Crippen MR) is 114 cm³/mol. The van der Waals surface area contributed by atoms with Gasteiger partial charge in [0.2, 0.25) is 0 Å². The lowest BCUT2D eigenvalue weighted by Crippen LogP contribution is -2.44. The van der Waals surface area contributed by atoms with E-state index in [9.17, 15) is 4.79 Å². The highest BCUT2D eigenvalue weighted by atomic mass is 16.5. The van der Waals surface area contributed by atoms with Gasteiger partial charge < -0.3 is 14.2 Å². The van der Waals surface area contributed by atoms with Gasteiger partial charge in [-0.2, -0.15) is 0 Å². The number of rotatable bonds is 4. The van der Waals surface area contributed by atoms with Crippen LogP contribution in [0.3, 0.4) is 0 Å². The molecule has 5 rings (SSSR count). The molecule has 1 amide bonds. The molecule has 1 aromatic heterocycles. The van der Waals surface area contributed by atoms with E-state index in [1.54, 1.807) is 0 Å². The SMILES string of the molecule is O=C(COc1cccc2ccccc12)N1CCn2cccc2C1c1ccccc1. The van der Waals surface area contributed by atoms with Gasteiger partial charge in [-0.3, -0.25) is 4.79 Å². The van der Waals surface area contributed by atoms with E-state index in [0.29, 0.717) is 6.54 Å². The van der Waals surface area contributed by atoms with Crippen LogP contribution in [-0.2, 0) is 11.3 Å². The highest BCUT2D eigenvalue weighted by molar-refractivity contribution is 5.88. The Morgan fingerprint density at radius 2 is 1.66 bits per heavy atom. The second-order valence-corrected chi connectivity index (χ2v) is 7.29. The third-order valence-corrected chi connectivity index (χ3v) is 5.57. The Hall–Kier alpha value is -3.53. The maximum absolute atomic E-state index is 13.2. The minimum Gasteiger partial charge on any atom is -0.483 e. The van der Waals surface area contributed by atoms with Crippen LogP contribution in [0.5, 0.6) is 5.75 Å². The number of amides is 1. The number of benzene rings is 3. The monoisotopic (exact) mass is 382 g/mol. The molecule has 1 aliphatic rings. The lowest BCUT2D eigenvalue weighted by atomic mass is 10.00. The van der Waals surface area contributed by atoms with Crippen LogP contribution < -0.4 is 4.74 Å². The molecule has 4 aromatic rings. The van der Waals surface area contributed by atoms with Crippen LogP contribution in [0.4, 0.5) is 0 Å². The van der Waals surface area contributed by atoms with Gasteiger partial charge in [-0.1, -0.05) is 66.7 Å². The minimum atomic E-state index is -0.0939. The first-order valence-electron chi connectivity index (χ1n) is 9.91. The van der Waals surface area contributed by atoms with E-state index in [-0.39, 0.29) is 18.6 Å². The third-order valence-electron chi connectivity index (χ3n) is 5.57. The zero-order valence-electron chi connectivity index (χ0n) is 16.1. The van der Waals surface area contributed by atoms with Gasteiger partial charge >= 0.3 is 0 Å². The normalized spacial score (nSPS) is 15.9. The van der Waals surface area contributed by atoms with Gasteiger partial charge in [-0.15, -0.1) is 0 Å². The Morgan fingerprint density at radius 3 is 2.55 bits per heavy atom. The minimum absolute atomic E-state index is 0.000706. The molecule has 2 heterocycles. The predicted octanol–water partition coefficient (Wildman–Crippen LogP) is 4.65. The smallest absolute Gasteiger partial charge is 0.261 e. The van der Waals surface area contributed by atoms with Crippen LogP contribution in [0.25, 0.3) is 10.8 Å². The summed E-state index contributed by atoms with van der Waals surface area (Å²) in [5.74, 6) is 0.743. The van der Waals surface area contributed by atoms with E-state index < -0.39 is 0 Å². The van der Waals surface area contributed by atoms with Crippen LogP contribution >= 0.6 is 0 Å². The summed E-state index contributed by atoms with van der Waals surface area (Å²) in [6, 6.07) is 28.3. The summed E-state index contributed by atoms with van der Waals surface area (Å²) in [6.07, 6.45) is 2.08. The topological polar surface area (TPSA) is 34.5 Å². The van der Waals surface area contributed by atoms with Crippen molar-refractivity contribution in [2.24, 2.45) is 0 Å². The number of fused-ring (bicyclic) bond motifs is 2. The fourth-order valence-corrected chi connectivity index (χ4v) is 4.18. The van der Waals surface area contributed by atoms with E-state index in [0.717, 1.165) is 34.3 Å². The maximum Gasteiger partial charge on any atom is 0.261 e. The Labute approximate surface area is 170 Å². The lowest BCUT2D eigenvalue weighted by Gasteiger charge is -2.37. The highest BCUT2D eigenvalue weighted by Crippen LogP contribution is 2.32. The van der Waals surface area contributed by atoms with Crippen molar-refractivity contribution in [3.05, 3.63) is 102 Å². The number of hydrogen-bond donors (Lipinski definition) is 0. The molecule has 1 atom stereocenters. The van der Waals surface area contributed by atoms with Crippen molar-refractivity contribution < 1.29 is 9.53 Å². The highest BCUT2D eigenvalue weighted by Gasteiger charge is 2.32. The van der Waals surface area contributed by atoms with Crippen molar-refractivity contribution in [3.8, 4) is 5.75 Å². The van der Waals surface area contributed by atoms with Crippen LogP contribution in [0, 0.1) is 0 Å². The number of hydrogen-bond acceptors (Lipinski definition) is 2. The first kappa shape index (κ1) is 17.6. The second-order valence-electron chi connectivity index (χ2n) is 7.29. The Bertz CT molecular complexity index is 1140. The summed E-state index contributed by atoms with van der Waals surface area (Å²) in [4.78, 5) is 15.2. The average Bonchev–Trinajstić information content (AvgIpc) is 3.26. The quantitative estimate of drug-likeness (QED) is 0.515. The molecule has 0 fully saturated rings. The van der Waals surface area contributed by atoms with Gasteiger partial charge in [0.1, 0.15) is 5.75 Å². The molecule has 0 saturated heterocycles. The molecule has 4 nitrogen and oxygen atoms in total. The maximum atomic E-state index is 13.2. The second kappa shape index (κ2) is 7.47. The molecule has 4 heteroatoms. The number of carbonyl (C=O) groups excluding carboxylic acids is 1. The number of ether oxygens (including phenoxy) is 1. The van der Waals surface area contributed by atoms with Gasteiger partial charge in [0.15, 0.2) is 6.61 Å². The average molecular weight is 382 g/mol. The van der Waals surface area contributed by atoms with E-state index in [1.165, 1.54) is 0 Å². The van der Waals surface area contributed by atoms with E-state index in [1.807, 2.05) is 71.6 Å². The largest absolute Gasteiger partial charge is 0.483 e. The Morgan fingerprint density at radius 1 is 0.862 bits per heavy atom. The summed E-state index contributed by atoms with van der Waals surface area (Å²) in [7, 11) is 0. The van der Waals surface area contributed by atoms with Gasteiger partial charge in [-0.25, -0.2) is 0 Å². The van der Waals surface area contributed by atoms with Crippen molar-refractivity contribution in [2.75, 3.05) is 13.2 Å². The molecule has 0 radical (unpaired) electrons. The van der Waals surface area contributed by atoms with E-state index >= 15 is 0 Å². The molecular weight excluding hydrogens is 360 g/mol. The molecule has 0 spiro atoms. The number of carbonyl (C=O) groups is 1. The van der Waals surface area contributed by atoms with Crippen LogP contribution in [-0.4, -0.2) is 28.5 Å². The van der Waals surface area contributed by atoms with Gasteiger partial charge in [0, 0.05) is 30.4 Å². The van der Waals surface area contributed by atoms with Crippen molar-refractivity contribution in [3.63, 3.8) is 0 Å². The molecule has 144 valence electrons. The molecule has 1 unspecified atom stereocenters. The van der Waals surface area contributed by atoms with Crippen LogP contribution in [0.15, 0.2) is 91.1 Å². The molecule has 0 bridgehead atoms. The zero-order chi connectivity index (χ0) is 19.6. The first-order valence-corrected chi connectivity index (χ1v) is 9.91. The molecule has 29 heavy (non-hydrogen) atoms. The standard InChI is InChI=1S/C25H22N2O2/c28-24(18-29-23-14-6-11-19-8-4-5-12-21(19)23)27-17-16-26-15-7-13-22(26)25(27)20-9-2-1-3-10-20/h1-15,25H,16-18H2. The van der Waals surface area contributed by atoms with Gasteiger partial charge in [0.25, 0.3) is 5.91 Å². The van der Waals surface area contributed by atoms with Crippen molar-refractivity contribution in [1.82, 2.24) is 9.47 Å². The third kappa shape index (κ3) is 3.27. The van der Waals surface area contributed by atoms with Crippen LogP contribution in [0.2, 0.25) is 0 Å². The first-order chi connectivity index (χ1) is 14.3. The molecule has 0 saturated carbocycles. The van der Waals surface area contributed by atoms with Crippen molar-refractivity contribution in [1.29, 1.82) is 0 Å². The fraction of sp³-hybridized carbons (Fsp3) is 0.160. The number of aromatic nitrogens is 1. The zero-order valence-corrected chi connectivity index (χ0v) is 16.1. The van der Waals surface area contributed by atoms with Gasteiger partial charge in [0.05, 0.1) is 6.04 Å². The van der Waals surface area contributed by atoms with E-state index in [4.69, 9.17) is 4.74 Å². The summed E-state index contributed by atoms with van der Waals surface area (Å²) in [5, 5.41) is 2.13. The molecular formula is C25H22N2O2. The summed E-state index contributed by atoms with van der Waals surface area (Å²) in [6.45, 7) is 1.49. The van der Waals surface area contributed by atoms with Crippen molar-refractivity contribution in [2.45, 2.75) is 12.6 Å². The summed E-state index contributed by atoms with van der Waals surface area (Å²) >= 11 is 0. The number of nitrogens with zero attached hydrogens (tertiary/aromatic N) is 2. The molecule has 3 aromatic carbocycles. The van der Waals surface area contributed by atoms with E-state index in [2.05, 4.69) is 29.0 Å².